The lowest BCUT2D eigenvalue weighted by Crippen LogP contribution is -1.92. The van der Waals surface area contributed by atoms with Gasteiger partial charge in [0.15, 0.2) is 0 Å². The number of benzene rings is 1. The summed E-state index contributed by atoms with van der Waals surface area (Å²) in [6, 6.07) is 7.45. The van der Waals surface area contributed by atoms with Gasteiger partial charge in [0, 0.05) is 16.4 Å². The molecule has 0 aliphatic heterocycles. The molecular weight excluding hydrogens is 236 g/mol. The molecule has 0 aliphatic rings. The molecule has 1 rings (SSSR count). The lowest BCUT2D eigenvalue weighted by molar-refractivity contribution is -0.134. The second-order valence-electron chi connectivity index (χ2n) is 3.32. The summed E-state index contributed by atoms with van der Waals surface area (Å²) in [6.45, 7) is 1.97. The molecule has 0 unspecified atom stereocenters. The van der Waals surface area contributed by atoms with Crippen LogP contribution in [0.5, 0.6) is 0 Å². The summed E-state index contributed by atoms with van der Waals surface area (Å²) < 4.78 is 16.2. The number of esters is 1. The molecule has 3 nitrogen and oxygen atoms in total. The summed E-state index contributed by atoms with van der Waals surface area (Å²) in [7, 11) is 0.114. The zero-order valence-electron chi connectivity index (χ0n) is 9.75. The van der Waals surface area contributed by atoms with Crippen molar-refractivity contribution in [2.75, 3.05) is 7.11 Å². The van der Waals surface area contributed by atoms with Gasteiger partial charge in [-0.15, -0.1) is 0 Å². The number of carbonyl (C=O) groups excluding carboxylic acids is 1. The van der Waals surface area contributed by atoms with Crippen molar-refractivity contribution in [3.05, 3.63) is 53.5 Å². The molecule has 0 fully saturated rings. The summed E-state index contributed by atoms with van der Waals surface area (Å²) in [5.74, 6) is -0.434. The second-order valence-corrected chi connectivity index (χ2v) is 4.66. The van der Waals surface area contributed by atoms with E-state index in [2.05, 4.69) is 4.74 Å². The Morgan fingerprint density at radius 3 is 2.47 bits per heavy atom. The molecule has 1 aromatic rings. The normalized spacial score (nSPS) is 13.1. The Morgan fingerprint density at radius 1 is 1.24 bits per heavy atom. The number of rotatable bonds is 4. The van der Waals surface area contributed by atoms with E-state index in [4.69, 9.17) is 0 Å². The van der Waals surface area contributed by atoms with Crippen LogP contribution in [0.25, 0.3) is 0 Å². The molecule has 17 heavy (non-hydrogen) atoms. The summed E-state index contributed by atoms with van der Waals surface area (Å²) in [5, 5.41) is 1.52. The van der Waals surface area contributed by atoms with Gasteiger partial charge in [-0.2, -0.15) is 0 Å². The van der Waals surface area contributed by atoms with Gasteiger partial charge in [0.25, 0.3) is 0 Å². The van der Waals surface area contributed by atoms with E-state index in [1.54, 1.807) is 6.08 Å². The SMILES string of the molecule is COC(=O)/C=C/C=C/[S@@](=O)c1ccc(C)cc1. The van der Waals surface area contributed by atoms with Crippen molar-refractivity contribution in [2.24, 2.45) is 0 Å². The monoisotopic (exact) mass is 250 g/mol. The number of ether oxygens (including phenoxy) is 1. The van der Waals surface area contributed by atoms with Gasteiger partial charge in [0.2, 0.25) is 0 Å². The van der Waals surface area contributed by atoms with Crippen LogP contribution in [0.3, 0.4) is 0 Å². The highest BCUT2D eigenvalue weighted by molar-refractivity contribution is 7.88. The number of aryl methyl sites for hydroxylation is 1. The van der Waals surface area contributed by atoms with Gasteiger partial charge in [0.1, 0.15) is 0 Å². The van der Waals surface area contributed by atoms with Crippen LogP contribution in [0.4, 0.5) is 0 Å². The van der Waals surface area contributed by atoms with Crippen molar-refractivity contribution < 1.29 is 13.7 Å². The Labute approximate surface area is 103 Å². The standard InChI is InChI=1S/C13H14O3S/c1-11-6-8-12(9-7-11)17(15)10-4-3-5-13(14)16-2/h3-10H,1-2H3/b5-3+,10-4+/t17-/m1/s1. The lowest BCUT2D eigenvalue weighted by Gasteiger charge is -1.96. The fourth-order valence-electron chi connectivity index (χ4n) is 1.07. The summed E-state index contributed by atoms with van der Waals surface area (Å²) in [4.78, 5) is 11.5. The van der Waals surface area contributed by atoms with E-state index in [1.807, 2.05) is 31.2 Å². The first-order valence-electron chi connectivity index (χ1n) is 5.03. The maximum Gasteiger partial charge on any atom is 0.330 e. The Kier molecular flexibility index (Phi) is 5.36. The minimum Gasteiger partial charge on any atom is -0.466 e. The third kappa shape index (κ3) is 4.78. The molecule has 0 saturated carbocycles. The van der Waals surface area contributed by atoms with Crippen molar-refractivity contribution in [1.29, 1.82) is 0 Å². The largest absolute Gasteiger partial charge is 0.466 e. The average molecular weight is 250 g/mol. The minimum absolute atomic E-state index is 0.434. The van der Waals surface area contributed by atoms with Gasteiger partial charge in [-0.3, -0.25) is 0 Å². The van der Waals surface area contributed by atoms with Crippen LogP contribution in [0.2, 0.25) is 0 Å². The van der Waals surface area contributed by atoms with Crippen LogP contribution < -0.4 is 0 Å². The number of carbonyl (C=O) groups is 1. The number of hydrogen-bond acceptors (Lipinski definition) is 3. The van der Waals surface area contributed by atoms with Crippen LogP contribution >= 0.6 is 0 Å². The highest BCUT2D eigenvalue weighted by Crippen LogP contribution is 2.09. The van der Waals surface area contributed by atoms with Crippen LogP contribution in [0, 0.1) is 6.92 Å². The van der Waals surface area contributed by atoms with E-state index in [1.165, 1.54) is 24.7 Å². The van der Waals surface area contributed by atoms with Crippen LogP contribution in [-0.4, -0.2) is 17.3 Å². The molecule has 0 amide bonds. The lowest BCUT2D eigenvalue weighted by atomic mass is 10.2. The smallest absolute Gasteiger partial charge is 0.330 e. The van der Waals surface area contributed by atoms with E-state index in [0.717, 1.165) is 10.5 Å². The predicted molar refractivity (Wildman–Crippen MR) is 67.9 cm³/mol. The molecule has 0 bridgehead atoms. The molecule has 0 radical (unpaired) electrons. The fourth-order valence-corrected chi connectivity index (χ4v) is 1.86. The molecule has 0 aliphatic carbocycles. The Bertz CT molecular complexity index is 458. The molecule has 1 atom stereocenters. The first kappa shape index (κ1) is 13.4. The summed E-state index contributed by atoms with van der Waals surface area (Å²) in [6.07, 6.45) is 4.33. The van der Waals surface area contributed by atoms with Crippen molar-refractivity contribution >= 4 is 16.8 Å². The molecule has 90 valence electrons. The number of allylic oxidation sites excluding steroid dienone is 2. The van der Waals surface area contributed by atoms with Crippen LogP contribution in [0.15, 0.2) is 52.8 Å². The van der Waals surface area contributed by atoms with Crippen LogP contribution in [0.1, 0.15) is 5.56 Å². The molecule has 0 heterocycles. The molecule has 0 N–H and O–H groups in total. The average Bonchev–Trinajstić information content (AvgIpc) is 2.34. The number of methoxy groups -OCH3 is 1. The van der Waals surface area contributed by atoms with E-state index in [0.29, 0.717) is 0 Å². The van der Waals surface area contributed by atoms with Crippen molar-refractivity contribution in [1.82, 2.24) is 0 Å². The van der Waals surface area contributed by atoms with Gasteiger partial charge in [-0.25, -0.2) is 9.00 Å². The van der Waals surface area contributed by atoms with E-state index in [-0.39, 0.29) is 0 Å². The summed E-state index contributed by atoms with van der Waals surface area (Å²) >= 11 is 0. The van der Waals surface area contributed by atoms with E-state index < -0.39 is 16.8 Å². The fraction of sp³-hybridized carbons (Fsp3) is 0.154. The summed E-state index contributed by atoms with van der Waals surface area (Å²) in [5.41, 5.74) is 1.13. The predicted octanol–water partition coefficient (Wildman–Crippen LogP) is 2.35. The van der Waals surface area contributed by atoms with E-state index >= 15 is 0 Å². The molecule has 4 heteroatoms. The van der Waals surface area contributed by atoms with Gasteiger partial charge in [-0.05, 0) is 19.1 Å². The molecule has 0 saturated heterocycles. The maximum absolute atomic E-state index is 11.7. The first-order chi connectivity index (χ1) is 8.13. The van der Waals surface area contributed by atoms with Gasteiger partial charge >= 0.3 is 5.97 Å². The zero-order chi connectivity index (χ0) is 12.7. The highest BCUT2D eigenvalue weighted by Gasteiger charge is 1.97. The Morgan fingerprint density at radius 2 is 1.88 bits per heavy atom. The third-order valence-corrected chi connectivity index (χ3v) is 3.14. The molecule has 0 spiro atoms. The number of hydrogen-bond donors (Lipinski definition) is 0. The molecule has 1 aromatic carbocycles. The zero-order valence-corrected chi connectivity index (χ0v) is 10.6. The third-order valence-electron chi connectivity index (χ3n) is 2.00. The van der Waals surface area contributed by atoms with E-state index in [9.17, 15) is 9.00 Å². The van der Waals surface area contributed by atoms with Crippen molar-refractivity contribution in [2.45, 2.75) is 11.8 Å². The topological polar surface area (TPSA) is 43.4 Å². The maximum atomic E-state index is 11.7. The molecule has 0 aromatic heterocycles. The van der Waals surface area contributed by atoms with Crippen molar-refractivity contribution in [3.63, 3.8) is 0 Å². The van der Waals surface area contributed by atoms with Gasteiger partial charge in [0.05, 0.1) is 17.9 Å². The second kappa shape index (κ2) is 6.81. The highest BCUT2D eigenvalue weighted by atomic mass is 32.2. The van der Waals surface area contributed by atoms with Gasteiger partial charge in [-0.1, -0.05) is 29.8 Å². The Balaban J connectivity index is 2.60. The molecular formula is C13H14O3S. The quantitative estimate of drug-likeness (QED) is 0.468. The van der Waals surface area contributed by atoms with Crippen molar-refractivity contribution in [3.8, 4) is 0 Å². The van der Waals surface area contributed by atoms with Crippen LogP contribution in [-0.2, 0) is 20.3 Å². The van der Waals surface area contributed by atoms with Gasteiger partial charge < -0.3 is 4.74 Å². The Hall–Kier alpha value is -1.68. The minimum atomic E-state index is -1.19. The first-order valence-corrected chi connectivity index (χ1v) is 6.25.